The minimum Gasteiger partial charge on any atom is -0.464 e. The largest absolute Gasteiger partial charge is 0.464 e. The van der Waals surface area contributed by atoms with Crippen molar-refractivity contribution in [2.24, 2.45) is 0 Å². The molecular weight excluding hydrogens is 760 g/mol. The van der Waals surface area contributed by atoms with Crippen LogP contribution in [0.3, 0.4) is 0 Å². The van der Waals surface area contributed by atoms with Gasteiger partial charge < -0.3 is 69.3 Å². The molecule has 2 amide bonds. The van der Waals surface area contributed by atoms with Gasteiger partial charge in [0, 0.05) is 27.2 Å². The number of alkyl carbamates (subject to hydrolysis) is 1. The van der Waals surface area contributed by atoms with Crippen LogP contribution in [0.5, 0.6) is 0 Å². The third-order valence-electron chi connectivity index (χ3n) is 9.68. The van der Waals surface area contributed by atoms with Gasteiger partial charge in [-0.3, -0.25) is 4.79 Å². The number of methoxy groups -OCH3 is 2. The zero-order valence-electron chi connectivity index (χ0n) is 34.7. The Hall–Kier alpha value is -2.97. The Bertz CT molecular complexity index is 1240. The Morgan fingerprint density at radius 1 is 0.707 bits per heavy atom. The van der Waals surface area contributed by atoms with Crippen molar-refractivity contribution in [2.75, 3.05) is 40.6 Å². The molecular formula is C41H70N2O15. The van der Waals surface area contributed by atoms with E-state index in [1.165, 1.54) is 33.5 Å². The number of nitrogens with one attached hydrogen (secondary N) is 2. The van der Waals surface area contributed by atoms with Gasteiger partial charge in [0.15, 0.2) is 18.7 Å². The molecule has 0 spiro atoms. The number of carbonyl (C=O) groups excluding carboxylic acids is 3. The maximum Gasteiger partial charge on any atom is 0.407 e. The molecule has 2 rings (SSSR count). The zero-order chi connectivity index (χ0) is 42.7. The number of rotatable bonds is 28. The van der Waals surface area contributed by atoms with Crippen molar-refractivity contribution in [3.63, 3.8) is 0 Å². The highest BCUT2D eigenvalue weighted by molar-refractivity contribution is 5.84. The number of carbonyl (C=O) groups is 3. The molecule has 2 heterocycles. The van der Waals surface area contributed by atoms with Crippen LogP contribution in [0, 0.1) is 0 Å². The molecule has 2 aliphatic rings. The first-order valence-corrected chi connectivity index (χ1v) is 20.7. The fraction of sp³-hybridized carbons (Fsp3) is 0.780. The van der Waals surface area contributed by atoms with E-state index in [0.29, 0.717) is 19.3 Å². The highest BCUT2D eigenvalue weighted by atomic mass is 16.7. The van der Waals surface area contributed by atoms with E-state index in [9.17, 15) is 39.9 Å². The topological polar surface area (TPSA) is 241 Å². The van der Waals surface area contributed by atoms with Crippen molar-refractivity contribution < 1.29 is 73.1 Å². The molecule has 0 saturated carbocycles. The van der Waals surface area contributed by atoms with E-state index >= 15 is 0 Å². The van der Waals surface area contributed by atoms with Crippen LogP contribution in [0.2, 0.25) is 0 Å². The summed E-state index contributed by atoms with van der Waals surface area (Å²) < 4.78 is 37.3. The average Bonchev–Trinajstić information content (AvgIpc) is 3.20. The van der Waals surface area contributed by atoms with Crippen molar-refractivity contribution in [1.29, 1.82) is 0 Å². The molecule has 334 valence electrons. The summed E-state index contributed by atoms with van der Waals surface area (Å²) in [5.74, 6) is -0.775. The molecule has 17 heteroatoms. The highest BCUT2D eigenvalue weighted by Crippen LogP contribution is 2.27. The fourth-order valence-electron chi connectivity index (χ4n) is 6.35. The zero-order valence-corrected chi connectivity index (χ0v) is 34.7. The second-order valence-corrected chi connectivity index (χ2v) is 14.4. The molecule has 2 fully saturated rings. The maximum absolute atomic E-state index is 12.7. The number of allylic oxidation sites excluding steroid dienone is 6. The summed E-state index contributed by atoms with van der Waals surface area (Å²) in [7, 11) is 2.60. The van der Waals surface area contributed by atoms with Crippen LogP contribution in [0.15, 0.2) is 36.5 Å². The minimum absolute atomic E-state index is 0.103. The minimum atomic E-state index is -1.65. The van der Waals surface area contributed by atoms with E-state index in [4.69, 9.17) is 33.2 Å². The van der Waals surface area contributed by atoms with Gasteiger partial charge in [-0.05, 0) is 71.1 Å². The second kappa shape index (κ2) is 30.1. The van der Waals surface area contributed by atoms with Gasteiger partial charge in [0.05, 0.1) is 19.8 Å². The van der Waals surface area contributed by atoms with E-state index < -0.39 is 86.1 Å². The molecule has 0 aliphatic carbocycles. The summed E-state index contributed by atoms with van der Waals surface area (Å²) in [5.41, 5.74) is 0. The maximum atomic E-state index is 12.7. The van der Waals surface area contributed by atoms with E-state index in [-0.39, 0.29) is 38.5 Å². The third kappa shape index (κ3) is 19.0. The lowest BCUT2D eigenvalue weighted by Gasteiger charge is -2.43. The van der Waals surface area contributed by atoms with Gasteiger partial charge in [0.1, 0.15) is 48.8 Å². The van der Waals surface area contributed by atoms with Crippen LogP contribution in [-0.2, 0) is 42.7 Å². The van der Waals surface area contributed by atoms with Crippen molar-refractivity contribution >= 4 is 18.0 Å². The van der Waals surface area contributed by atoms with Crippen LogP contribution in [0.25, 0.3) is 0 Å². The summed E-state index contributed by atoms with van der Waals surface area (Å²) in [4.78, 5) is 37.9. The number of aliphatic hydroxyl groups excluding tert-OH is 5. The van der Waals surface area contributed by atoms with E-state index in [0.717, 1.165) is 32.1 Å². The molecule has 2 aliphatic heterocycles. The number of esters is 1. The van der Waals surface area contributed by atoms with Gasteiger partial charge in [-0.15, -0.1) is 0 Å². The monoisotopic (exact) mass is 830 g/mol. The smallest absolute Gasteiger partial charge is 0.407 e. The molecule has 0 aromatic heterocycles. The first-order valence-electron chi connectivity index (χ1n) is 20.7. The molecule has 7 N–H and O–H groups in total. The summed E-state index contributed by atoms with van der Waals surface area (Å²) >= 11 is 0. The van der Waals surface area contributed by atoms with Crippen LogP contribution in [0.1, 0.15) is 97.3 Å². The molecule has 2 saturated heterocycles. The van der Waals surface area contributed by atoms with Gasteiger partial charge in [-0.25, -0.2) is 9.59 Å². The van der Waals surface area contributed by atoms with E-state index in [1.807, 2.05) is 0 Å². The summed E-state index contributed by atoms with van der Waals surface area (Å²) in [6, 6.07) is -0.839. The Morgan fingerprint density at radius 3 is 1.98 bits per heavy atom. The first-order chi connectivity index (χ1) is 28.0. The van der Waals surface area contributed by atoms with Gasteiger partial charge >= 0.3 is 12.1 Å². The van der Waals surface area contributed by atoms with Crippen LogP contribution in [0.4, 0.5) is 4.79 Å². The molecule has 0 aromatic carbocycles. The normalized spacial score (nSPS) is 28.2. The third-order valence-corrected chi connectivity index (χ3v) is 9.68. The van der Waals surface area contributed by atoms with Gasteiger partial charge in [-0.1, -0.05) is 56.2 Å². The van der Waals surface area contributed by atoms with Crippen molar-refractivity contribution in [3.8, 4) is 0 Å². The lowest BCUT2D eigenvalue weighted by molar-refractivity contribution is -0.328. The average molecular weight is 831 g/mol. The number of hydrogen-bond acceptors (Lipinski definition) is 15. The highest BCUT2D eigenvalue weighted by Gasteiger charge is 2.49. The van der Waals surface area contributed by atoms with Gasteiger partial charge in [-0.2, -0.15) is 0 Å². The molecule has 0 bridgehead atoms. The first kappa shape index (κ1) is 51.2. The Morgan fingerprint density at radius 2 is 1.34 bits per heavy atom. The van der Waals surface area contributed by atoms with Crippen LogP contribution < -0.4 is 10.6 Å². The van der Waals surface area contributed by atoms with E-state index in [1.54, 1.807) is 6.92 Å². The fourth-order valence-corrected chi connectivity index (χ4v) is 6.35. The molecule has 0 radical (unpaired) electrons. The van der Waals surface area contributed by atoms with Crippen molar-refractivity contribution in [1.82, 2.24) is 10.6 Å². The predicted molar refractivity (Wildman–Crippen MR) is 212 cm³/mol. The quantitative estimate of drug-likeness (QED) is 0.0341. The predicted octanol–water partition coefficient (Wildman–Crippen LogP) is 2.45. The number of unbranched alkanes of at least 4 members (excludes halogenated alkanes) is 6. The van der Waals surface area contributed by atoms with Crippen LogP contribution in [-0.4, -0.2) is 152 Å². The number of amides is 2. The molecule has 58 heavy (non-hydrogen) atoms. The van der Waals surface area contributed by atoms with Gasteiger partial charge in [0.25, 0.3) is 0 Å². The lowest BCUT2D eigenvalue weighted by atomic mass is 9.98. The number of aliphatic hydroxyl groups is 5. The molecule has 0 aromatic rings. The standard InChI is InChI=1S/C41H70N2O15/c1-5-7-8-9-10-11-12-13-14-15-16-17-18-19-20-24-31(44)43-28(38(50)54-6-2)23-21-22-25-42-41(51)58-37-33(46)30(56-39(53-4)36(37)49)27-55-40-35(48)34(47)32(45)29(57-40)26-52-3/h10-11,13-14,16-17,28-30,32-37,39-40,45-49H,5-9,12,15,18-27H2,1-4H3,(H,42,51)(H,43,44)/b11-10-,14-13-,17-16-/t28-,29?,30?,32+,33+,34-,35?,36?,37-,39-,40-/m0/s1. The SMILES string of the molecule is CCCCC/C=C\C/C=C\C/C=C\CCCCC(=O)N[C@@H](CCCCNC(=O)O[C@@H]1C(O)[C@@H](OC)OC(CO[C@H]2OC(COC)[C@@H](O)[C@H](O)C2O)[C@H]1O)C(=O)OCC. The lowest BCUT2D eigenvalue weighted by Crippen LogP contribution is -2.62. The van der Waals surface area contributed by atoms with Gasteiger partial charge in [0.2, 0.25) is 5.91 Å². The molecule has 17 nitrogen and oxygen atoms in total. The summed E-state index contributed by atoms with van der Waals surface area (Å²) in [6.45, 7) is 3.61. The Labute approximate surface area is 343 Å². The van der Waals surface area contributed by atoms with E-state index in [2.05, 4.69) is 54.0 Å². The van der Waals surface area contributed by atoms with Crippen LogP contribution >= 0.6 is 0 Å². The van der Waals surface area contributed by atoms with Crippen molar-refractivity contribution in [3.05, 3.63) is 36.5 Å². The molecule has 4 unspecified atom stereocenters. The summed E-state index contributed by atoms with van der Waals surface area (Å²) in [6.07, 6.45) is 8.12. The molecule has 11 atom stereocenters. The summed E-state index contributed by atoms with van der Waals surface area (Å²) in [5, 5.41) is 57.7. The Balaban J connectivity index is 1.73. The number of hydrogen-bond donors (Lipinski definition) is 7. The van der Waals surface area contributed by atoms with Crippen molar-refractivity contribution in [2.45, 2.75) is 165 Å². The number of ether oxygens (including phenoxy) is 7. The second-order valence-electron chi connectivity index (χ2n) is 14.4. The Kier molecular flexibility index (Phi) is 26.6.